The molecule has 3 nitrogen and oxygen atoms in total. The van der Waals surface area contributed by atoms with Crippen LogP contribution in [0.2, 0.25) is 0 Å². The summed E-state index contributed by atoms with van der Waals surface area (Å²) in [4.78, 5) is 0. The Kier molecular flexibility index (Phi) is 5.61. The van der Waals surface area contributed by atoms with E-state index in [-0.39, 0.29) is 6.61 Å². The molecule has 0 aliphatic rings. The second-order valence-electron chi connectivity index (χ2n) is 3.39. The minimum absolute atomic E-state index is 0.0276. The van der Waals surface area contributed by atoms with Crippen molar-refractivity contribution in [3.63, 3.8) is 0 Å². The van der Waals surface area contributed by atoms with Gasteiger partial charge in [-0.25, -0.2) is 0 Å². The van der Waals surface area contributed by atoms with Crippen molar-refractivity contribution in [1.82, 2.24) is 0 Å². The molecule has 88 valence electrons. The first kappa shape index (κ1) is 14.2. The van der Waals surface area contributed by atoms with E-state index in [1.807, 2.05) is 6.07 Å². The molecule has 0 amide bonds. The zero-order valence-corrected chi connectivity index (χ0v) is 8.60. The van der Waals surface area contributed by atoms with Gasteiger partial charge in [-0.05, 0) is 19.3 Å². The highest BCUT2D eigenvalue weighted by molar-refractivity contribution is 5.03. The monoisotopic (exact) mass is 224 g/mol. The van der Waals surface area contributed by atoms with Crippen molar-refractivity contribution in [2.45, 2.75) is 37.9 Å². The zero-order chi connectivity index (χ0) is 11.9. The molecule has 1 atom stereocenters. The number of alkyl halides is 3. The van der Waals surface area contributed by atoms with Crippen LogP contribution in [0, 0.1) is 11.3 Å². The highest BCUT2D eigenvalue weighted by atomic mass is 19.4. The molecule has 0 saturated carbocycles. The van der Waals surface area contributed by atoms with E-state index in [1.165, 1.54) is 0 Å². The Morgan fingerprint density at radius 1 is 1.40 bits per heavy atom. The fourth-order valence-electron chi connectivity index (χ4n) is 0.989. The third-order valence-electron chi connectivity index (χ3n) is 2.03. The van der Waals surface area contributed by atoms with Crippen molar-refractivity contribution in [3.05, 3.63) is 0 Å². The molecule has 0 radical (unpaired) electrons. The molecule has 0 aliphatic heterocycles. The Balaban J connectivity index is 3.60. The smallest absolute Gasteiger partial charge is 0.372 e. The van der Waals surface area contributed by atoms with Crippen LogP contribution in [0.15, 0.2) is 0 Å². The molecular formula is C9H15F3N2O. The SMILES string of the molecule is CCC(N)(C#N)CCCOCC(F)(F)F. The van der Waals surface area contributed by atoms with E-state index in [0.29, 0.717) is 19.3 Å². The van der Waals surface area contributed by atoms with E-state index in [2.05, 4.69) is 4.74 Å². The first-order valence-electron chi connectivity index (χ1n) is 4.67. The number of hydrogen-bond acceptors (Lipinski definition) is 3. The van der Waals surface area contributed by atoms with Crippen molar-refractivity contribution < 1.29 is 17.9 Å². The number of halogens is 3. The molecule has 15 heavy (non-hydrogen) atoms. The first-order valence-corrected chi connectivity index (χ1v) is 4.67. The summed E-state index contributed by atoms with van der Waals surface area (Å²) in [5.74, 6) is 0. The Morgan fingerprint density at radius 2 is 2.00 bits per heavy atom. The average molecular weight is 224 g/mol. The summed E-state index contributed by atoms with van der Waals surface area (Å²) in [6.45, 7) is 0.489. The quantitative estimate of drug-likeness (QED) is 0.702. The molecule has 0 bridgehead atoms. The van der Waals surface area contributed by atoms with Gasteiger partial charge < -0.3 is 10.5 Å². The van der Waals surface area contributed by atoms with Crippen molar-refractivity contribution in [1.29, 1.82) is 5.26 Å². The number of nitrogens with two attached hydrogens (primary N) is 1. The fraction of sp³-hybridized carbons (Fsp3) is 0.889. The highest BCUT2D eigenvalue weighted by Gasteiger charge is 2.27. The molecule has 6 heteroatoms. The van der Waals surface area contributed by atoms with E-state index in [4.69, 9.17) is 11.0 Å². The van der Waals surface area contributed by atoms with Gasteiger partial charge in [0, 0.05) is 6.61 Å². The second-order valence-corrected chi connectivity index (χ2v) is 3.39. The van der Waals surface area contributed by atoms with Crippen LogP contribution in [-0.4, -0.2) is 24.9 Å². The van der Waals surface area contributed by atoms with Crippen LogP contribution in [-0.2, 0) is 4.74 Å². The van der Waals surface area contributed by atoms with Crippen LogP contribution in [0.5, 0.6) is 0 Å². The van der Waals surface area contributed by atoms with Gasteiger partial charge in [0.2, 0.25) is 0 Å². The van der Waals surface area contributed by atoms with Crippen LogP contribution in [0.1, 0.15) is 26.2 Å². The Bertz CT molecular complexity index is 224. The molecule has 0 saturated heterocycles. The summed E-state index contributed by atoms with van der Waals surface area (Å²) < 4.78 is 39.3. The third kappa shape index (κ3) is 7.17. The maximum atomic E-state index is 11.6. The van der Waals surface area contributed by atoms with Crippen molar-refractivity contribution in [3.8, 4) is 6.07 Å². The molecule has 0 aromatic heterocycles. The van der Waals surface area contributed by atoms with Crippen LogP contribution < -0.4 is 5.73 Å². The van der Waals surface area contributed by atoms with E-state index in [1.54, 1.807) is 6.92 Å². The number of nitrogens with zero attached hydrogens (tertiary/aromatic N) is 1. The Morgan fingerprint density at radius 3 is 2.40 bits per heavy atom. The maximum absolute atomic E-state index is 11.6. The number of ether oxygens (including phenoxy) is 1. The van der Waals surface area contributed by atoms with Crippen LogP contribution in [0.4, 0.5) is 13.2 Å². The molecule has 0 spiro atoms. The highest BCUT2D eigenvalue weighted by Crippen LogP contribution is 2.16. The predicted octanol–water partition coefficient (Wildman–Crippen LogP) is 1.98. The summed E-state index contributed by atoms with van der Waals surface area (Å²) >= 11 is 0. The standard InChI is InChI=1S/C9H15F3N2O/c1-2-8(14,6-13)4-3-5-15-7-9(10,11)12/h2-5,7,14H2,1H3. The van der Waals surface area contributed by atoms with E-state index in [0.717, 1.165) is 0 Å². The first-order chi connectivity index (χ1) is 6.83. The van der Waals surface area contributed by atoms with Gasteiger partial charge in [0.1, 0.15) is 12.1 Å². The van der Waals surface area contributed by atoms with Gasteiger partial charge in [0.05, 0.1) is 6.07 Å². The summed E-state index contributed by atoms with van der Waals surface area (Å²) in [6, 6.07) is 1.94. The van der Waals surface area contributed by atoms with E-state index in [9.17, 15) is 13.2 Å². The van der Waals surface area contributed by atoms with Crippen LogP contribution >= 0.6 is 0 Å². The minimum atomic E-state index is -4.29. The van der Waals surface area contributed by atoms with Gasteiger partial charge in [-0.2, -0.15) is 18.4 Å². The van der Waals surface area contributed by atoms with Gasteiger partial charge in [-0.3, -0.25) is 0 Å². The molecule has 0 fully saturated rings. The molecular weight excluding hydrogens is 209 g/mol. The zero-order valence-electron chi connectivity index (χ0n) is 8.60. The van der Waals surface area contributed by atoms with Gasteiger partial charge in [-0.15, -0.1) is 0 Å². The van der Waals surface area contributed by atoms with Crippen LogP contribution in [0.25, 0.3) is 0 Å². The lowest BCUT2D eigenvalue weighted by atomic mass is 9.94. The van der Waals surface area contributed by atoms with Crippen molar-refractivity contribution in [2.24, 2.45) is 5.73 Å². The predicted molar refractivity (Wildman–Crippen MR) is 48.9 cm³/mol. The molecule has 0 aliphatic carbocycles. The lowest BCUT2D eigenvalue weighted by Gasteiger charge is -2.18. The molecule has 2 N–H and O–H groups in total. The summed E-state index contributed by atoms with van der Waals surface area (Å²) in [7, 11) is 0. The molecule has 0 heterocycles. The maximum Gasteiger partial charge on any atom is 0.411 e. The Hall–Kier alpha value is -0.800. The van der Waals surface area contributed by atoms with Crippen LogP contribution in [0.3, 0.4) is 0 Å². The van der Waals surface area contributed by atoms with Gasteiger partial charge in [0.25, 0.3) is 0 Å². The lowest BCUT2D eigenvalue weighted by molar-refractivity contribution is -0.174. The van der Waals surface area contributed by atoms with E-state index < -0.39 is 18.3 Å². The van der Waals surface area contributed by atoms with Gasteiger partial charge in [-0.1, -0.05) is 6.92 Å². The lowest BCUT2D eigenvalue weighted by Crippen LogP contribution is -2.37. The van der Waals surface area contributed by atoms with Gasteiger partial charge in [0.15, 0.2) is 0 Å². The molecule has 0 aromatic rings. The Labute approximate surface area is 87.0 Å². The largest absolute Gasteiger partial charge is 0.411 e. The fourth-order valence-corrected chi connectivity index (χ4v) is 0.989. The third-order valence-corrected chi connectivity index (χ3v) is 2.03. The normalized spacial score (nSPS) is 15.7. The minimum Gasteiger partial charge on any atom is -0.372 e. The summed E-state index contributed by atoms with van der Waals surface area (Å²) in [6.07, 6.45) is -3.12. The number of nitriles is 1. The molecule has 0 aromatic carbocycles. The second kappa shape index (κ2) is 5.93. The van der Waals surface area contributed by atoms with E-state index >= 15 is 0 Å². The average Bonchev–Trinajstić information content (AvgIpc) is 2.15. The number of rotatable bonds is 6. The number of hydrogen-bond donors (Lipinski definition) is 1. The molecule has 0 rings (SSSR count). The molecule has 1 unspecified atom stereocenters. The summed E-state index contributed by atoms with van der Waals surface area (Å²) in [5.41, 5.74) is 4.68. The van der Waals surface area contributed by atoms with Crippen molar-refractivity contribution >= 4 is 0 Å². The topological polar surface area (TPSA) is 59.0 Å². The summed E-state index contributed by atoms with van der Waals surface area (Å²) in [5, 5.41) is 8.68. The van der Waals surface area contributed by atoms with Crippen molar-refractivity contribution in [2.75, 3.05) is 13.2 Å². The van der Waals surface area contributed by atoms with Gasteiger partial charge >= 0.3 is 6.18 Å².